The highest BCUT2D eigenvalue weighted by atomic mass is 32.1. The van der Waals surface area contributed by atoms with Crippen molar-refractivity contribution in [2.75, 3.05) is 12.4 Å². The predicted molar refractivity (Wildman–Crippen MR) is 106 cm³/mol. The fourth-order valence-electron chi connectivity index (χ4n) is 2.80. The molecule has 29 heavy (non-hydrogen) atoms. The Bertz CT molecular complexity index is 1180. The number of nitrogens with zero attached hydrogens (tertiary/aromatic N) is 3. The summed E-state index contributed by atoms with van der Waals surface area (Å²) in [5.74, 6) is -0.0549. The minimum atomic E-state index is -0.522. The lowest BCUT2D eigenvalue weighted by atomic mass is 10.1. The molecule has 8 nitrogen and oxygen atoms in total. The number of methoxy groups -OCH3 is 1. The van der Waals surface area contributed by atoms with Crippen LogP contribution in [0.15, 0.2) is 36.4 Å². The van der Waals surface area contributed by atoms with Gasteiger partial charge in [0.1, 0.15) is 10.6 Å². The second-order valence-corrected chi connectivity index (χ2v) is 7.09. The number of halogens is 1. The Morgan fingerprint density at radius 3 is 2.90 bits per heavy atom. The minimum absolute atomic E-state index is 0.0233. The number of aromatic nitrogens is 4. The molecule has 4 aromatic rings. The lowest BCUT2D eigenvalue weighted by molar-refractivity contribution is 0.102. The maximum absolute atomic E-state index is 14.2. The van der Waals surface area contributed by atoms with Crippen LogP contribution >= 0.6 is 11.3 Å². The monoisotopic (exact) mass is 413 g/mol. The molecule has 0 unspecified atom stereocenters. The third-order valence-corrected chi connectivity index (χ3v) is 5.35. The molecule has 0 aliphatic carbocycles. The van der Waals surface area contributed by atoms with Gasteiger partial charge in [-0.15, -0.1) is 16.4 Å². The van der Waals surface area contributed by atoms with E-state index in [1.54, 1.807) is 6.07 Å². The molecule has 2 heterocycles. The van der Waals surface area contributed by atoms with Crippen LogP contribution in [-0.4, -0.2) is 33.6 Å². The number of carbonyl (C=O) groups is 1. The van der Waals surface area contributed by atoms with Gasteiger partial charge in [-0.3, -0.25) is 10.1 Å². The van der Waals surface area contributed by atoms with Crippen molar-refractivity contribution in [2.24, 2.45) is 0 Å². The number of amides is 1. The summed E-state index contributed by atoms with van der Waals surface area (Å²) in [7, 11) is 1.38. The molecule has 2 N–H and O–H groups in total. The maximum Gasteiger partial charge on any atom is 0.272 e. The number of carbonyl (C=O) groups excluding carboxylic acids is 1. The number of thiophene rings is 1. The number of fused-ring (bicyclic) bond motifs is 1. The highest BCUT2D eigenvalue weighted by Crippen LogP contribution is 2.43. The molecule has 10 heteroatoms. The Hall–Kier alpha value is -3.53. The molecule has 0 atom stereocenters. The van der Waals surface area contributed by atoms with Crippen LogP contribution in [0.1, 0.15) is 22.2 Å². The summed E-state index contributed by atoms with van der Waals surface area (Å²) in [6.45, 7) is 2.04. The number of aryl methyl sites for hydroxylation is 1. The van der Waals surface area contributed by atoms with Gasteiger partial charge in [-0.1, -0.05) is 24.2 Å². The van der Waals surface area contributed by atoms with Crippen LogP contribution in [0.2, 0.25) is 0 Å². The summed E-state index contributed by atoms with van der Waals surface area (Å²) in [6, 6.07) is 10.4. The first-order valence-corrected chi connectivity index (χ1v) is 9.52. The van der Waals surface area contributed by atoms with Gasteiger partial charge in [-0.2, -0.15) is 5.21 Å². The third-order valence-electron chi connectivity index (χ3n) is 4.22. The van der Waals surface area contributed by atoms with Crippen molar-refractivity contribution >= 4 is 33.3 Å². The van der Waals surface area contributed by atoms with E-state index in [9.17, 15) is 9.18 Å². The number of H-pyrrole nitrogens is 1. The molecule has 0 saturated heterocycles. The zero-order valence-corrected chi connectivity index (χ0v) is 16.3. The fraction of sp³-hybridized carbons (Fsp3) is 0.158. The molecule has 0 bridgehead atoms. The number of rotatable bonds is 6. The lowest BCUT2D eigenvalue weighted by Gasteiger charge is -2.09. The van der Waals surface area contributed by atoms with Crippen molar-refractivity contribution in [1.82, 2.24) is 20.6 Å². The summed E-state index contributed by atoms with van der Waals surface area (Å²) in [5.41, 5.74) is 1.09. The minimum Gasteiger partial charge on any atom is -0.494 e. The molecule has 1 amide bonds. The summed E-state index contributed by atoms with van der Waals surface area (Å²) < 4.78 is 25.9. The van der Waals surface area contributed by atoms with E-state index < -0.39 is 11.7 Å². The standard InChI is InChI=1S/C19H16FN5O3S/c1-3-10-5-4-6-11(7-10)28-16-12-8-14(27-2)13(20)9-15(12)29-17(16)18(26)21-19-22-24-25-23-19/h4-9H,3H2,1-2H3,(H2,21,22,23,24,25,26). The number of tetrazole rings is 1. The molecule has 0 aliphatic heterocycles. The molecule has 0 radical (unpaired) electrons. The van der Waals surface area contributed by atoms with E-state index in [-0.39, 0.29) is 16.6 Å². The number of anilines is 1. The van der Waals surface area contributed by atoms with Crippen molar-refractivity contribution in [3.05, 3.63) is 52.7 Å². The number of aromatic amines is 1. The van der Waals surface area contributed by atoms with Crippen molar-refractivity contribution in [3.63, 3.8) is 0 Å². The van der Waals surface area contributed by atoms with E-state index in [1.807, 2.05) is 25.1 Å². The molecular formula is C19H16FN5O3S. The second kappa shape index (κ2) is 7.84. The van der Waals surface area contributed by atoms with Gasteiger partial charge in [-0.05, 0) is 41.5 Å². The fourth-order valence-corrected chi connectivity index (χ4v) is 3.83. The van der Waals surface area contributed by atoms with E-state index in [0.29, 0.717) is 21.6 Å². The van der Waals surface area contributed by atoms with E-state index in [1.165, 1.54) is 19.2 Å². The van der Waals surface area contributed by atoms with Gasteiger partial charge < -0.3 is 9.47 Å². The van der Waals surface area contributed by atoms with Gasteiger partial charge in [0.05, 0.1) is 7.11 Å². The zero-order valence-electron chi connectivity index (χ0n) is 15.5. The topological polar surface area (TPSA) is 102 Å². The SMILES string of the molecule is CCc1cccc(Oc2c(C(=O)Nc3nn[nH]n3)sc3cc(F)c(OC)cc23)c1. The van der Waals surface area contributed by atoms with Crippen molar-refractivity contribution in [1.29, 1.82) is 0 Å². The van der Waals surface area contributed by atoms with Crippen LogP contribution in [0, 0.1) is 5.82 Å². The van der Waals surface area contributed by atoms with Crippen molar-refractivity contribution < 1.29 is 18.7 Å². The van der Waals surface area contributed by atoms with Crippen LogP contribution in [0.5, 0.6) is 17.2 Å². The van der Waals surface area contributed by atoms with Crippen LogP contribution < -0.4 is 14.8 Å². The normalized spacial score (nSPS) is 10.9. The van der Waals surface area contributed by atoms with Gasteiger partial charge in [-0.25, -0.2) is 4.39 Å². The van der Waals surface area contributed by atoms with Crippen LogP contribution in [0.25, 0.3) is 10.1 Å². The Balaban J connectivity index is 1.82. The molecule has 148 valence electrons. The Morgan fingerprint density at radius 2 is 2.17 bits per heavy atom. The summed E-state index contributed by atoms with van der Waals surface area (Å²) in [5, 5.41) is 16.2. The molecular weight excluding hydrogens is 397 g/mol. The van der Waals surface area contributed by atoms with Crippen LogP contribution in [0.4, 0.5) is 10.3 Å². The Labute approximate surface area is 168 Å². The van der Waals surface area contributed by atoms with Gasteiger partial charge in [0.15, 0.2) is 17.3 Å². The molecule has 2 aromatic carbocycles. The van der Waals surface area contributed by atoms with Crippen LogP contribution in [-0.2, 0) is 6.42 Å². The van der Waals surface area contributed by atoms with Crippen LogP contribution in [0.3, 0.4) is 0 Å². The number of ether oxygens (including phenoxy) is 2. The predicted octanol–water partition coefficient (Wildman–Crippen LogP) is 4.17. The second-order valence-electron chi connectivity index (χ2n) is 6.04. The highest BCUT2D eigenvalue weighted by molar-refractivity contribution is 7.21. The summed E-state index contributed by atoms with van der Waals surface area (Å²) >= 11 is 1.10. The van der Waals surface area contributed by atoms with Gasteiger partial charge in [0, 0.05) is 10.1 Å². The van der Waals surface area contributed by atoms with E-state index in [0.717, 1.165) is 23.3 Å². The van der Waals surface area contributed by atoms with Gasteiger partial charge in [0.2, 0.25) is 0 Å². The molecule has 2 aromatic heterocycles. The summed E-state index contributed by atoms with van der Waals surface area (Å²) in [4.78, 5) is 13.1. The zero-order chi connectivity index (χ0) is 20.4. The number of nitrogens with one attached hydrogen (secondary N) is 2. The Kier molecular flexibility index (Phi) is 5.09. The molecule has 4 rings (SSSR count). The number of hydrogen-bond donors (Lipinski definition) is 2. The molecule has 0 aliphatic rings. The number of hydrogen-bond acceptors (Lipinski definition) is 7. The quantitative estimate of drug-likeness (QED) is 0.492. The van der Waals surface area contributed by atoms with Crippen molar-refractivity contribution in [2.45, 2.75) is 13.3 Å². The first-order valence-electron chi connectivity index (χ1n) is 8.70. The maximum atomic E-state index is 14.2. The average Bonchev–Trinajstić information content (AvgIpc) is 3.35. The molecule has 0 fully saturated rings. The van der Waals surface area contributed by atoms with E-state index in [2.05, 4.69) is 25.9 Å². The first kappa shape index (κ1) is 18.8. The Morgan fingerprint density at radius 1 is 1.31 bits per heavy atom. The third kappa shape index (κ3) is 3.74. The largest absolute Gasteiger partial charge is 0.494 e. The number of benzene rings is 2. The van der Waals surface area contributed by atoms with Gasteiger partial charge in [0.25, 0.3) is 11.9 Å². The smallest absolute Gasteiger partial charge is 0.272 e. The van der Waals surface area contributed by atoms with Crippen molar-refractivity contribution in [3.8, 4) is 17.2 Å². The first-order chi connectivity index (χ1) is 14.1. The molecule has 0 spiro atoms. The van der Waals surface area contributed by atoms with Gasteiger partial charge >= 0.3 is 0 Å². The summed E-state index contributed by atoms with van der Waals surface area (Å²) in [6.07, 6.45) is 0.839. The molecule has 0 saturated carbocycles. The van der Waals surface area contributed by atoms with E-state index in [4.69, 9.17) is 9.47 Å². The van der Waals surface area contributed by atoms with E-state index >= 15 is 0 Å². The lowest BCUT2D eigenvalue weighted by Crippen LogP contribution is -2.12. The average molecular weight is 413 g/mol. The highest BCUT2D eigenvalue weighted by Gasteiger charge is 2.23.